The molecule has 0 aromatic carbocycles. The van der Waals surface area contributed by atoms with Crippen LogP contribution in [0, 0.1) is 6.92 Å². The van der Waals surface area contributed by atoms with Crippen molar-refractivity contribution in [2.75, 3.05) is 6.54 Å². The highest BCUT2D eigenvalue weighted by Gasteiger charge is 2.06. The Morgan fingerprint density at radius 1 is 1.26 bits per heavy atom. The number of nitrogens with one attached hydrogen (secondary N) is 1. The molecule has 1 heterocycles. The fraction of sp³-hybridized carbons (Fsp3) is 0.476. The van der Waals surface area contributed by atoms with Crippen molar-refractivity contribution < 1.29 is 14.4 Å². The Bertz CT molecular complexity index is 523. The number of carbonyl (C=O) groups excluding carboxylic acids is 3. The molecule has 0 unspecified atom stereocenters. The highest BCUT2D eigenvalue weighted by atomic mass is 32.1. The van der Waals surface area contributed by atoms with Gasteiger partial charge in [-0.2, -0.15) is 0 Å². The summed E-state index contributed by atoms with van der Waals surface area (Å²) < 4.78 is 0. The summed E-state index contributed by atoms with van der Waals surface area (Å²) in [6.45, 7) is 20.1. The molecule has 1 aromatic heterocycles. The second kappa shape index (κ2) is 26.0. The van der Waals surface area contributed by atoms with Crippen LogP contribution >= 0.6 is 11.3 Å². The fourth-order valence-electron chi connectivity index (χ4n) is 1.22. The largest absolute Gasteiger partial charge is 0.370 e. The molecule has 0 aliphatic heterocycles. The molecule has 0 aliphatic rings. The first-order chi connectivity index (χ1) is 12.8. The van der Waals surface area contributed by atoms with Crippen molar-refractivity contribution in [3.63, 3.8) is 0 Å². The Balaban J connectivity index is -0.000000170. The van der Waals surface area contributed by atoms with Crippen LogP contribution in [0.15, 0.2) is 35.8 Å². The lowest BCUT2D eigenvalue weighted by Gasteiger charge is -2.00. The van der Waals surface area contributed by atoms with Gasteiger partial charge in [-0.3, -0.25) is 9.59 Å². The molecule has 27 heavy (non-hydrogen) atoms. The first-order valence-corrected chi connectivity index (χ1v) is 9.85. The number of hydrogen-bond donors (Lipinski definition) is 2. The zero-order valence-electron chi connectivity index (χ0n) is 18.1. The summed E-state index contributed by atoms with van der Waals surface area (Å²) >= 11 is 1.39. The van der Waals surface area contributed by atoms with E-state index in [1.54, 1.807) is 0 Å². The van der Waals surface area contributed by atoms with Crippen molar-refractivity contribution in [1.82, 2.24) is 5.32 Å². The van der Waals surface area contributed by atoms with Gasteiger partial charge in [0.25, 0.3) is 5.91 Å². The SMILES string of the molecule is C=C(C)/C=C/C.C=O.CC.CCC.Cc1csc(C(=O)NCCC(N)=O)c1. The number of nitrogens with two attached hydrogens (primary N) is 1. The van der Waals surface area contributed by atoms with Crippen molar-refractivity contribution in [2.24, 2.45) is 5.73 Å². The molecule has 5 nitrogen and oxygen atoms in total. The van der Waals surface area contributed by atoms with Gasteiger partial charge in [-0.25, -0.2) is 0 Å². The summed E-state index contributed by atoms with van der Waals surface area (Å²) in [6, 6.07) is 1.81. The van der Waals surface area contributed by atoms with Crippen LogP contribution in [0.5, 0.6) is 0 Å². The van der Waals surface area contributed by atoms with Gasteiger partial charge in [0.15, 0.2) is 0 Å². The second-order valence-electron chi connectivity index (χ2n) is 5.01. The Labute approximate surface area is 169 Å². The minimum absolute atomic E-state index is 0.149. The maximum atomic E-state index is 11.4. The van der Waals surface area contributed by atoms with Crippen molar-refractivity contribution in [3.8, 4) is 0 Å². The van der Waals surface area contributed by atoms with E-state index in [2.05, 4.69) is 25.7 Å². The summed E-state index contributed by atoms with van der Waals surface area (Å²) in [4.78, 5) is 30.4. The summed E-state index contributed by atoms with van der Waals surface area (Å²) in [5.74, 6) is -0.558. The molecule has 0 aliphatic carbocycles. The topological polar surface area (TPSA) is 89.3 Å². The molecule has 6 heteroatoms. The lowest BCUT2D eigenvalue weighted by molar-refractivity contribution is -0.117. The van der Waals surface area contributed by atoms with Gasteiger partial charge in [-0.05, 0) is 37.8 Å². The maximum Gasteiger partial charge on any atom is 0.261 e. The Morgan fingerprint density at radius 3 is 2.00 bits per heavy atom. The molecule has 0 spiro atoms. The van der Waals surface area contributed by atoms with E-state index in [0.717, 1.165) is 11.1 Å². The number of carbonyl (C=O) groups is 3. The van der Waals surface area contributed by atoms with E-state index in [-0.39, 0.29) is 12.3 Å². The first-order valence-electron chi connectivity index (χ1n) is 8.97. The van der Waals surface area contributed by atoms with Crippen LogP contribution in [-0.4, -0.2) is 25.1 Å². The predicted octanol–water partition coefficient (Wildman–Crippen LogP) is 5.06. The highest BCUT2D eigenvalue weighted by molar-refractivity contribution is 7.12. The third-order valence-corrected chi connectivity index (χ3v) is 3.11. The molecule has 0 fully saturated rings. The maximum absolute atomic E-state index is 11.4. The van der Waals surface area contributed by atoms with Gasteiger partial charge in [0, 0.05) is 13.0 Å². The van der Waals surface area contributed by atoms with Gasteiger partial charge >= 0.3 is 0 Å². The van der Waals surface area contributed by atoms with Crippen LogP contribution in [0.25, 0.3) is 0 Å². The van der Waals surface area contributed by atoms with Crippen LogP contribution in [-0.2, 0) is 9.59 Å². The Morgan fingerprint density at radius 2 is 1.74 bits per heavy atom. The van der Waals surface area contributed by atoms with Crippen LogP contribution in [0.2, 0.25) is 0 Å². The summed E-state index contributed by atoms with van der Waals surface area (Å²) in [5, 5.41) is 4.52. The molecule has 1 rings (SSSR count). The monoisotopic (exact) mass is 398 g/mol. The minimum atomic E-state index is -0.410. The van der Waals surface area contributed by atoms with Gasteiger partial charge in [-0.1, -0.05) is 58.4 Å². The molecule has 0 radical (unpaired) electrons. The van der Waals surface area contributed by atoms with E-state index in [4.69, 9.17) is 10.5 Å². The van der Waals surface area contributed by atoms with Crippen LogP contribution in [0.4, 0.5) is 0 Å². The van der Waals surface area contributed by atoms with E-state index in [1.807, 2.05) is 65.0 Å². The van der Waals surface area contributed by atoms with E-state index in [0.29, 0.717) is 11.4 Å². The third-order valence-electron chi connectivity index (χ3n) is 2.06. The molecule has 3 N–H and O–H groups in total. The van der Waals surface area contributed by atoms with E-state index in [1.165, 1.54) is 17.8 Å². The number of thiophene rings is 1. The first kappa shape index (κ1) is 32.5. The molecule has 0 bridgehead atoms. The third kappa shape index (κ3) is 28.8. The molecule has 2 amide bonds. The van der Waals surface area contributed by atoms with Gasteiger partial charge < -0.3 is 15.8 Å². The van der Waals surface area contributed by atoms with Gasteiger partial charge in [0.2, 0.25) is 5.91 Å². The summed E-state index contributed by atoms with van der Waals surface area (Å²) in [5.41, 5.74) is 7.11. The zero-order chi connectivity index (χ0) is 22.3. The number of aryl methyl sites for hydroxylation is 1. The number of hydrogen-bond acceptors (Lipinski definition) is 4. The minimum Gasteiger partial charge on any atom is -0.370 e. The molecule has 0 atom stereocenters. The molecule has 0 saturated carbocycles. The summed E-state index contributed by atoms with van der Waals surface area (Å²) in [6.07, 6.45) is 5.37. The van der Waals surface area contributed by atoms with Gasteiger partial charge in [0.1, 0.15) is 6.79 Å². The normalized spacial score (nSPS) is 8.26. The lowest BCUT2D eigenvalue weighted by atomic mass is 10.3. The van der Waals surface area contributed by atoms with Crippen LogP contribution in [0.1, 0.15) is 69.6 Å². The van der Waals surface area contributed by atoms with Crippen molar-refractivity contribution in [2.45, 2.75) is 61.3 Å². The number of allylic oxidation sites excluding steroid dienone is 3. The average molecular weight is 399 g/mol. The van der Waals surface area contributed by atoms with Crippen molar-refractivity contribution >= 4 is 29.9 Å². The number of rotatable bonds is 5. The standard InChI is InChI=1S/C9H12N2O2S.C6H10.C3H8.C2H6.CH2O/c1-6-4-7(14-5-6)9(13)11-3-2-8(10)12;1-4-5-6(2)3;1-3-2;2*1-2/h4-5H,2-3H2,1H3,(H2,10,12)(H,11,13);4-5H,2H2,1,3H3;3H2,1-2H3;1-2H3;1H2/b;5-4+;;;. The Hall–Kier alpha value is -2.21. The van der Waals surface area contributed by atoms with Crippen LogP contribution < -0.4 is 11.1 Å². The lowest BCUT2D eigenvalue weighted by Crippen LogP contribution is -2.27. The highest BCUT2D eigenvalue weighted by Crippen LogP contribution is 2.12. The Kier molecular flexibility index (Phi) is 31.3. The smallest absolute Gasteiger partial charge is 0.261 e. The molecular weight excluding hydrogens is 360 g/mol. The molecular formula is C21H38N2O3S. The predicted molar refractivity (Wildman–Crippen MR) is 119 cm³/mol. The molecule has 156 valence electrons. The van der Waals surface area contributed by atoms with Crippen molar-refractivity contribution in [1.29, 1.82) is 0 Å². The summed E-state index contributed by atoms with van der Waals surface area (Å²) in [7, 11) is 0. The van der Waals surface area contributed by atoms with Crippen molar-refractivity contribution in [3.05, 3.63) is 46.2 Å². The quantitative estimate of drug-likeness (QED) is 0.679. The molecule has 1 aromatic rings. The van der Waals surface area contributed by atoms with E-state index in [9.17, 15) is 9.59 Å². The van der Waals surface area contributed by atoms with Gasteiger partial charge in [0.05, 0.1) is 4.88 Å². The average Bonchev–Trinajstić information content (AvgIpc) is 3.06. The van der Waals surface area contributed by atoms with Gasteiger partial charge in [-0.15, -0.1) is 11.3 Å². The second-order valence-corrected chi connectivity index (χ2v) is 5.93. The van der Waals surface area contributed by atoms with E-state index < -0.39 is 5.91 Å². The van der Waals surface area contributed by atoms with E-state index >= 15 is 0 Å². The zero-order valence-corrected chi connectivity index (χ0v) is 18.9. The number of primary amides is 1. The molecule has 0 saturated heterocycles. The van der Waals surface area contributed by atoms with Crippen LogP contribution in [0.3, 0.4) is 0 Å². The fourth-order valence-corrected chi connectivity index (χ4v) is 2.04. The number of amides is 2.